The Morgan fingerprint density at radius 2 is 2.12 bits per heavy atom. The summed E-state index contributed by atoms with van der Waals surface area (Å²) in [4.78, 5) is 16.7. The summed E-state index contributed by atoms with van der Waals surface area (Å²) in [5, 5.41) is 3.42. The molecule has 1 amide bonds. The monoisotopic (exact) mass is 432 g/mol. The maximum atomic E-state index is 12.2. The summed E-state index contributed by atoms with van der Waals surface area (Å²) < 4.78 is 7.50. The Kier molecular flexibility index (Phi) is 5.94. The van der Waals surface area contributed by atoms with Crippen molar-refractivity contribution in [2.75, 3.05) is 11.9 Å². The number of rotatable bonds is 6. The number of halogens is 1. The minimum atomic E-state index is -0.223. The summed E-state index contributed by atoms with van der Waals surface area (Å²) in [7, 11) is 0. The van der Waals surface area contributed by atoms with Gasteiger partial charge in [0, 0.05) is 0 Å². The molecule has 0 bridgehead atoms. The normalized spacial score (nSPS) is 12.2. The van der Waals surface area contributed by atoms with Crippen LogP contribution in [0.15, 0.2) is 40.9 Å². The highest BCUT2D eigenvalue weighted by Gasteiger charge is 2.11. The number of hydrogen-bond acceptors (Lipinski definition) is 4. The number of fused-ring (bicyclic) bond motifs is 1. The smallest absolute Gasteiger partial charge is 0.264 e. The van der Waals surface area contributed by atoms with Crippen molar-refractivity contribution < 1.29 is 9.53 Å². The molecule has 0 saturated heterocycles. The second kappa shape index (κ2) is 8.18. The molecule has 136 valence electrons. The highest BCUT2D eigenvalue weighted by atomic mass is 79.9. The van der Waals surface area contributed by atoms with E-state index in [0.29, 0.717) is 16.8 Å². The lowest BCUT2D eigenvalue weighted by Crippen LogP contribution is -2.20. The minimum absolute atomic E-state index is 0.0598. The van der Waals surface area contributed by atoms with Crippen LogP contribution in [-0.2, 0) is 4.79 Å². The zero-order valence-electron chi connectivity index (χ0n) is 15.0. The van der Waals surface area contributed by atoms with E-state index < -0.39 is 0 Å². The van der Waals surface area contributed by atoms with Crippen LogP contribution in [0.2, 0.25) is 0 Å². The highest BCUT2D eigenvalue weighted by Crippen LogP contribution is 2.30. The Hall–Kier alpha value is -1.92. The number of amides is 1. The first-order valence-corrected chi connectivity index (χ1v) is 10.2. The number of nitrogens with one attached hydrogen (secondary N) is 1. The molecule has 2 aromatic carbocycles. The molecule has 4 nitrogen and oxygen atoms in total. The van der Waals surface area contributed by atoms with Gasteiger partial charge in [-0.15, -0.1) is 0 Å². The van der Waals surface area contributed by atoms with E-state index >= 15 is 0 Å². The van der Waals surface area contributed by atoms with Crippen molar-refractivity contribution in [1.82, 2.24) is 4.98 Å². The third-order valence-electron chi connectivity index (χ3n) is 4.29. The largest absolute Gasteiger partial charge is 0.483 e. The van der Waals surface area contributed by atoms with Crippen molar-refractivity contribution in [3.63, 3.8) is 0 Å². The third-order valence-corrected chi connectivity index (χ3v) is 5.84. The topological polar surface area (TPSA) is 51.2 Å². The lowest BCUT2D eigenvalue weighted by Gasteiger charge is -2.08. The summed E-state index contributed by atoms with van der Waals surface area (Å²) in [5.41, 5.74) is 3.33. The average Bonchev–Trinajstić information content (AvgIpc) is 3.01. The van der Waals surface area contributed by atoms with E-state index in [1.807, 2.05) is 31.2 Å². The van der Waals surface area contributed by atoms with Crippen LogP contribution < -0.4 is 10.1 Å². The second-order valence-corrected chi connectivity index (χ2v) is 8.21. The number of anilines is 1. The Bertz CT molecular complexity index is 939. The maximum Gasteiger partial charge on any atom is 0.264 e. The van der Waals surface area contributed by atoms with E-state index in [-0.39, 0.29) is 12.5 Å². The summed E-state index contributed by atoms with van der Waals surface area (Å²) in [6, 6.07) is 12.0. The van der Waals surface area contributed by atoms with Crippen LogP contribution in [0, 0.1) is 6.92 Å². The lowest BCUT2D eigenvalue weighted by molar-refractivity contribution is -0.118. The zero-order chi connectivity index (χ0) is 18.7. The van der Waals surface area contributed by atoms with Gasteiger partial charge in [-0.1, -0.05) is 37.3 Å². The van der Waals surface area contributed by atoms with Crippen LogP contribution in [0.1, 0.15) is 37.3 Å². The Morgan fingerprint density at radius 1 is 1.31 bits per heavy atom. The molecular weight excluding hydrogens is 412 g/mol. The average molecular weight is 433 g/mol. The Morgan fingerprint density at radius 3 is 2.85 bits per heavy atom. The number of benzene rings is 2. The number of carbonyl (C=O) groups excluding carboxylic acids is 1. The van der Waals surface area contributed by atoms with Crippen molar-refractivity contribution >= 4 is 48.5 Å². The summed E-state index contributed by atoms with van der Waals surface area (Å²) in [5.74, 6) is 0.938. The van der Waals surface area contributed by atoms with E-state index in [4.69, 9.17) is 4.74 Å². The predicted molar refractivity (Wildman–Crippen MR) is 111 cm³/mol. The summed E-state index contributed by atoms with van der Waals surface area (Å²) >= 11 is 4.93. The highest BCUT2D eigenvalue weighted by molar-refractivity contribution is 9.10. The first kappa shape index (κ1) is 18.9. The molecule has 1 aromatic heterocycles. The molecule has 0 spiro atoms. The van der Waals surface area contributed by atoms with Crippen molar-refractivity contribution in [2.45, 2.75) is 33.1 Å². The van der Waals surface area contributed by atoms with Gasteiger partial charge in [-0.05, 0) is 70.6 Å². The predicted octanol–water partition coefficient (Wildman–Crippen LogP) is 5.90. The van der Waals surface area contributed by atoms with Gasteiger partial charge in [0.2, 0.25) is 0 Å². The SMILES string of the molecule is CCC(C)c1ccc2nc(NC(=O)COc3ccc(C)cc3Br)sc2c1. The van der Waals surface area contributed by atoms with Crippen LogP contribution in [-0.4, -0.2) is 17.5 Å². The molecule has 0 radical (unpaired) electrons. The fourth-order valence-corrected chi connectivity index (χ4v) is 4.10. The fraction of sp³-hybridized carbons (Fsp3) is 0.300. The molecule has 3 aromatic rings. The van der Waals surface area contributed by atoms with Gasteiger partial charge in [-0.25, -0.2) is 4.98 Å². The number of hydrogen-bond donors (Lipinski definition) is 1. The second-order valence-electron chi connectivity index (χ2n) is 6.33. The molecule has 0 saturated carbocycles. The lowest BCUT2D eigenvalue weighted by atomic mass is 9.99. The van der Waals surface area contributed by atoms with E-state index in [9.17, 15) is 4.79 Å². The van der Waals surface area contributed by atoms with Gasteiger partial charge in [0.05, 0.1) is 14.7 Å². The van der Waals surface area contributed by atoms with Crippen molar-refractivity contribution in [3.8, 4) is 5.75 Å². The molecule has 1 atom stereocenters. The third kappa shape index (κ3) is 4.43. The number of nitrogens with zero attached hydrogens (tertiary/aromatic N) is 1. The standard InChI is InChI=1S/C20H21BrN2O2S/c1-4-13(3)14-6-7-16-18(10-14)26-20(22-16)23-19(24)11-25-17-8-5-12(2)9-15(17)21/h5-10,13H,4,11H2,1-3H3,(H,22,23,24). The van der Waals surface area contributed by atoms with Crippen molar-refractivity contribution in [3.05, 3.63) is 52.0 Å². The minimum Gasteiger partial charge on any atom is -0.483 e. The molecule has 26 heavy (non-hydrogen) atoms. The molecule has 6 heteroatoms. The molecule has 3 rings (SSSR count). The van der Waals surface area contributed by atoms with Crippen LogP contribution in [0.5, 0.6) is 5.75 Å². The Labute approximate surface area is 165 Å². The number of carbonyl (C=O) groups is 1. The number of ether oxygens (including phenoxy) is 1. The molecule has 0 aliphatic carbocycles. The molecule has 1 unspecified atom stereocenters. The molecular formula is C20H21BrN2O2S. The van der Waals surface area contributed by atoms with Gasteiger partial charge in [0.15, 0.2) is 11.7 Å². The van der Waals surface area contributed by atoms with Crippen molar-refractivity contribution in [2.24, 2.45) is 0 Å². The Balaban J connectivity index is 1.65. The van der Waals surface area contributed by atoms with E-state index in [1.54, 1.807) is 0 Å². The fourth-order valence-electron chi connectivity index (χ4n) is 2.56. The molecule has 0 fully saturated rings. The quantitative estimate of drug-likeness (QED) is 0.527. The maximum absolute atomic E-state index is 12.2. The molecule has 0 aliphatic heterocycles. The van der Waals surface area contributed by atoms with Crippen LogP contribution in [0.3, 0.4) is 0 Å². The number of aromatic nitrogens is 1. The van der Waals surface area contributed by atoms with Gasteiger partial charge in [-0.2, -0.15) is 0 Å². The van der Waals surface area contributed by atoms with Gasteiger partial charge in [0.25, 0.3) is 5.91 Å². The van der Waals surface area contributed by atoms with E-state index in [2.05, 4.69) is 52.2 Å². The molecule has 0 aliphatic rings. The first-order chi connectivity index (χ1) is 12.5. The molecule has 1 N–H and O–H groups in total. The van der Waals surface area contributed by atoms with E-state index in [0.717, 1.165) is 26.7 Å². The van der Waals surface area contributed by atoms with Gasteiger partial charge >= 0.3 is 0 Å². The number of thiazole rings is 1. The van der Waals surface area contributed by atoms with Crippen LogP contribution >= 0.6 is 27.3 Å². The summed E-state index contributed by atoms with van der Waals surface area (Å²) in [6.45, 7) is 6.34. The molecule has 1 heterocycles. The van der Waals surface area contributed by atoms with Crippen LogP contribution in [0.4, 0.5) is 5.13 Å². The van der Waals surface area contributed by atoms with Gasteiger partial charge in [0.1, 0.15) is 5.75 Å². The van der Waals surface area contributed by atoms with Crippen molar-refractivity contribution in [1.29, 1.82) is 0 Å². The van der Waals surface area contributed by atoms with Gasteiger partial charge in [-0.3, -0.25) is 10.1 Å². The zero-order valence-corrected chi connectivity index (χ0v) is 17.4. The summed E-state index contributed by atoms with van der Waals surface area (Å²) in [6.07, 6.45) is 1.10. The van der Waals surface area contributed by atoms with E-state index in [1.165, 1.54) is 16.9 Å². The van der Waals surface area contributed by atoms with Crippen LogP contribution in [0.25, 0.3) is 10.2 Å². The number of aryl methyl sites for hydroxylation is 1. The van der Waals surface area contributed by atoms with Gasteiger partial charge < -0.3 is 4.74 Å². The first-order valence-electron chi connectivity index (χ1n) is 8.55.